The molecule has 0 radical (unpaired) electrons. The summed E-state index contributed by atoms with van der Waals surface area (Å²) in [6.07, 6.45) is -4.40. The lowest BCUT2D eigenvalue weighted by molar-refractivity contribution is -0.138. The van der Waals surface area contributed by atoms with E-state index < -0.39 is 17.4 Å². The molecular weight excluding hydrogens is 355 g/mol. The fraction of sp³-hybridized carbons (Fsp3) is 0.286. The van der Waals surface area contributed by atoms with Crippen LogP contribution in [-0.4, -0.2) is 11.9 Å². The van der Waals surface area contributed by atoms with E-state index in [2.05, 4.69) is 0 Å². The van der Waals surface area contributed by atoms with Gasteiger partial charge in [0, 0.05) is 24.5 Å². The molecule has 0 fully saturated rings. The summed E-state index contributed by atoms with van der Waals surface area (Å²) in [4.78, 5) is 13.7. The number of alkyl halides is 3. The minimum Gasteiger partial charge on any atom is -0.422 e. The van der Waals surface area contributed by atoms with E-state index in [1.807, 2.05) is 26.0 Å². The van der Waals surface area contributed by atoms with E-state index in [1.165, 1.54) is 18.2 Å². The molecule has 3 nitrogen and oxygen atoms in total. The van der Waals surface area contributed by atoms with E-state index >= 15 is 0 Å². The summed E-state index contributed by atoms with van der Waals surface area (Å²) < 4.78 is 44.9. The fourth-order valence-corrected chi connectivity index (χ4v) is 3.23. The molecule has 1 aromatic heterocycles. The zero-order valence-corrected chi connectivity index (χ0v) is 15.4. The van der Waals surface area contributed by atoms with Gasteiger partial charge in [-0.3, -0.25) is 4.90 Å². The van der Waals surface area contributed by atoms with Crippen LogP contribution in [0.3, 0.4) is 0 Å². The summed E-state index contributed by atoms with van der Waals surface area (Å²) in [5, 5.41) is 0.800. The third-order valence-corrected chi connectivity index (χ3v) is 4.72. The molecule has 27 heavy (non-hydrogen) atoms. The van der Waals surface area contributed by atoms with Crippen LogP contribution in [0, 0.1) is 13.8 Å². The maximum Gasteiger partial charge on any atom is 0.416 e. The predicted octanol–water partition coefficient (Wildman–Crippen LogP) is 5.06. The van der Waals surface area contributed by atoms with E-state index in [1.54, 1.807) is 18.0 Å². The van der Waals surface area contributed by atoms with Gasteiger partial charge in [0.15, 0.2) is 0 Å². The number of benzene rings is 2. The molecule has 3 aromatic rings. The van der Waals surface area contributed by atoms with Crippen LogP contribution in [0.15, 0.2) is 51.7 Å². The number of hydrogen-bond donors (Lipinski definition) is 0. The van der Waals surface area contributed by atoms with E-state index in [0.29, 0.717) is 12.1 Å². The highest BCUT2D eigenvalue weighted by molar-refractivity contribution is 5.83. The molecule has 0 N–H and O–H groups in total. The van der Waals surface area contributed by atoms with Gasteiger partial charge in [-0.2, -0.15) is 13.2 Å². The Bertz CT molecular complexity index is 1040. The molecule has 0 aliphatic carbocycles. The smallest absolute Gasteiger partial charge is 0.416 e. The van der Waals surface area contributed by atoms with Crippen LogP contribution in [0.25, 0.3) is 11.0 Å². The lowest BCUT2D eigenvalue weighted by Gasteiger charge is -2.20. The third-order valence-electron chi connectivity index (χ3n) is 4.72. The van der Waals surface area contributed by atoms with Crippen LogP contribution in [0.2, 0.25) is 0 Å². The Balaban J connectivity index is 1.93. The van der Waals surface area contributed by atoms with E-state index in [4.69, 9.17) is 4.42 Å². The van der Waals surface area contributed by atoms with Crippen LogP contribution in [0.1, 0.15) is 27.8 Å². The van der Waals surface area contributed by atoms with E-state index in [-0.39, 0.29) is 12.1 Å². The van der Waals surface area contributed by atoms with Gasteiger partial charge >= 0.3 is 11.8 Å². The zero-order chi connectivity index (χ0) is 19.8. The summed E-state index contributed by atoms with van der Waals surface area (Å²) in [5.41, 5.74) is 2.26. The van der Waals surface area contributed by atoms with Gasteiger partial charge in [0.05, 0.1) is 5.56 Å². The number of rotatable bonds is 4. The van der Waals surface area contributed by atoms with Crippen LogP contribution < -0.4 is 5.63 Å². The number of halogens is 3. The second-order valence-corrected chi connectivity index (χ2v) is 6.80. The van der Waals surface area contributed by atoms with Crippen molar-refractivity contribution in [1.29, 1.82) is 0 Å². The summed E-state index contributed by atoms with van der Waals surface area (Å²) in [7, 11) is 1.73. The Morgan fingerprint density at radius 2 is 1.67 bits per heavy atom. The van der Waals surface area contributed by atoms with Gasteiger partial charge in [-0.1, -0.05) is 30.3 Å². The molecule has 0 saturated carbocycles. The highest BCUT2D eigenvalue weighted by atomic mass is 19.4. The maximum absolute atomic E-state index is 13.2. The van der Waals surface area contributed by atoms with Gasteiger partial charge in [0.25, 0.3) is 0 Å². The minimum atomic E-state index is -4.40. The molecule has 0 bridgehead atoms. The summed E-state index contributed by atoms with van der Waals surface area (Å²) >= 11 is 0. The average molecular weight is 375 g/mol. The Morgan fingerprint density at radius 1 is 1.00 bits per heavy atom. The summed E-state index contributed by atoms with van der Waals surface area (Å²) in [6.45, 7) is 4.26. The van der Waals surface area contributed by atoms with Crippen molar-refractivity contribution in [3.05, 3.63) is 80.7 Å². The molecule has 0 unspecified atom stereocenters. The first-order valence-corrected chi connectivity index (χ1v) is 8.53. The second-order valence-electron chi connectivity index (χ2n) is 6.80. The first-order valence-electron chi connectivity index (χ1n) is 8.53. The number of hydrogen-bond acceptors (Lipinski definition) is 3. The highest BCUT2D eigenvalue weighted by Crippen LogP contribution is 2.32. The van der Waals surface area contributed by atoms with Gasteiger partial charge < -0.3 is 4.42 Å². The third kappa shape index (κ3) is 4.06. The molecule has 0 aliphatic heterocycles. The monoisotopic (exact) mass is 375 g/mol. The Kier molecular flexibility index (Phi) is 5.11. The van der Waals surface area contributed by atoms with Crippen LogP contribution in [0.4, 0.5) is 13.2 Å². The average Bonchev–Trinajstić information content (AvgIpc) is 2.58. The van der Waals surface area contributed by atoms with Crippen LogP contribution in [-0.2, 0) is 19.3 Å². The largest absolute Gasteiger partial charge is 0.422 e. The molecule has 0 atom stereocenters. The molecule has 1 heterocycles. The van der Waals surface area contributed by atoms with Gasteiger partial charge in [-0.25, -0.2) is 4.79 Å². The molecule has 0 aliphatic rings. The zero-order valence-electron chi connectivity index (χ0n) is 15.4. The predicted molar refractivity (Wildman–Crippen MR) is 98.6 cm³/mol. The lowest BCUT2D eigenvalue weighted by Crippen LogP contribution is -2.21. The number of fused-ring (bicyclic) bond motifs is 1. The van der Waals surface area contributed by atoms with Gasteiger partial charge in [0.1, 0.15) is 5.58 Å². The summed E-state index contributed by atoms with van der Waals surface area (Å²) in [6, 6.07) is 10.8. The summed E-state index contributed by atoms with van der Waals surface area (Å²) in [5.74, 6) is 0. The van der Waals surface area contributed by atoms with E-state index in [0.717, 1.165) is 28.1 Å². The van der Waals surface area contributed by atoms with Gasteiger partial charge in [0.2, 0.25) is 0 Å². The SMILES string of the molecule is Cc1ccc2c(CN(C)Cc3ccccc3C(F)(F)F)cc(=O)oc2c1C. The minimum absolute atomic E-state index is 0.113. The highest BCUT2D eigenvalue weighted by Gasteiger charge is 2.33. The van der Waals surface area contributed by atoms with E-state index in [9.17, 15) is 18.0 Å². The molecule has 0 spiro atoms. The molecule has 142 valence electrons. The Hall–Kier alpha value is -2.60. The standard InChI is InChI=1S/C21H20F3NO2/c1-13-8-9-17-16(10-19(26)27-20(17)14(13)2)12-25(3)11-15-6-4-5-7-18(15)21(22,23)24/h4-10H,11-12H2,1-3H3. The van der Waals surface area contributed by atoms with Crippen molar-refractivity contribution in [3.8, 4) is 0 Å². The van der Waals surface area contributed by atoms with Crippen molar-refractivity contribution in [2.24, 2.45) is 0 Å². The molecule has 3 rings (SSSR count). The normalized spacial score (nSPS) is 12.1. The molecule has 0 saturated heterocycles. The number of nitrogens with zero attached hydrogens (tertiary/aromatic N) is 1. The van der Waals surface area contributed by atoms with Crippen LogP contribution >= 0.6 is 0 Å². The first kappa shape index (κ1) is 19.2. The Labute approximate surface area is 155 Å². The Morgan fingerprint density at radius 3 is 2.37 bits per heavy atom. The fourth-order valence-electron chi connectivity index (χ4n) is 3.23. The van der Waals surface area contributed by atoms with Crippen molar-refractivity contribution in [2.75, 3.05) is 7.05 Å². The second kappa shape index (κ2) is 7.19. The number of aryl methyl sites for hydroxylation is 2. The van der Waals surface area contributed by atoms with Crippen molar-refractivity contribution in [3.63, 3.8) is 0 Å². The van der Waals surface area contributed by atoms with Gasteiger partial charge in [-0.05, 0) is 49.2 Å². The van der Waals surface area contributed by atoms with Crippen LogP contribution in [0.5, 0.6) is 0 Å². The quantitative estimate of drug-likeness (QED) is 0.598. The molecule has 2 aromatic carbocycles. The van der Waals surface area contributed by atoms with Crippen molar-refractivity contribution >= 4 is 11.0 Å². The van der Waals surface area contributed by atoms with Crippen molar-refractivity contribution < 1.29 is 17.6 Å². The molecular formula is C21H20F3NO2. The van der Waals surface area contributed by atoms with Crippen molar-refractivity contribution in [2.45, 2.75) is 33.1 Å². The topological polar surface area (TPSA) is 33.5 Å². The molecule has 6 heteroatoms. The first-order chi connectivity index (χ1) is 12.7. The van der Waals surface area contributed by atoms with Gasteiger partial charge in [-0.15, -0.1) is 0 Å². The lowest BCUT2D eigenvalue weighted by atomic mass is 10.0. The molecule has 0 amide bonds. The van der Waals surface area contributed by atoms with Crippen molar-refractivity contribution in [1.82, 2.24) is 4.90 Å². The maximum atomic E-state index is 13.2.